The van der Waals surface area contributed by atoms with Gasteiger partial charge in [-0.25, -0.2) is 4.39 Å². The van der Waals surface area contributed by atoms with Crippen molar-refractivity contribution >= 4 is 60.9 Å². The van der Waals surface area contributed by atoms with E-state index in [0.717, 1.165) is 22.3 Å². The number of benzene rings is 2. The molecular weight excluding hydrogens is 403 g/mol. The number of fused-ring (bicyclic) bond motifs is 1. The second kappa shape index (κ2) is 9.65. The van der Waals surface area contributed by atoms with Crippen LogP contribution in [0.25, 0.3) is 17.2 Å². The Kier molecular flexibility index (Phi) is 7.74. The number of aliphatic carboxylic acids is 1. The fraction of sp³-hybridized carbons (Fsp3) is 0.227. The average Bonchev–Trinajstić information content (AvgIpc) is 2.91. The van der Waals surface area contributed by atoms with Gasteiger partial charge < -0.3 is 19.3 Å². The van der Waals surface area contributed by atoms with Gasteiger partial charge in [0.1, 0.15) is 5.82 Å². The summed E-state index contributed by atoms with van der Waals surface area (Å²) >= 11 is 0. The van der Waals surface area contributed by atoms with Crippen molar-refractivity contribution in [2.75, 3.05) is 21.3 Å². The van der Waals surface area contributed by atoms with E-state index >= 15 is 0 Å². The number of ether oxygens (including phenoxy) is 3. The normalized spacial score (nSPS) is 13.8. The molecule has 7 heteroatoms. The van der Waals surface area contributed by atoms with E-state index in [-0.39, 0.29) is 44.2 Å². The summed E-state index contributed by atoms with van der Waals surface area (Å²) in [6.45, 7) is 1.85. The summed E-state index contributed by atoms with van der Waals surface area (Å²) in [7, 11) is 4.61. The maximum absolute atomic E-state index is 13.8. The molecular formula is C22H23CaFO5. The number of hydrogen-bond acceptors (Lipinski definition) is 4. The van der Waals surface area contributed by atoms with E-state index in [1.807, 2.05) is 13.0 Å². The van der Waals surface area contributed by atoms with Gasteiger partial charge in [-0.3, -0.25) is 4.79 Å². The molecule has 2 aromatic rings. The van der Waals surface area contributed by atoms with E-state index in [2.05, 4.69) is 0 Å². The zero-order valence-corrected chi connectivity index (χ0v) is 16.1. The van der Waals surface area contributed by atoms with Gasteiger partial charge in [0.25, 0.3) is 0 Å². The van der Waals surface area contributed by atoms with Crippen molar-refractivity contribution in [1.29, 1.82) is 0 Å². The van der Waals surface area contributed by atoms with Crippen LogP contribution in [0.3, 0.4) is 0 Å². The molecule has 1 aliphatic carbocycles. The zero-order valence-electron chi connectivity index (χ0n) is 16.1. The average molecular weight is 426 g/mol. The number of allylic oxidation sites excluding steroid dienone is 2. The Hall–Kier alpha value is -2.02. The van der Waals surface area contributed by atoms with E-state index in [0.29, 0.717) is 28.4 Å². The second-order valence-electron chi connectivity index (χ2n) is 6.38. The fourth-order valence-electron chi connectivity index (χ4n) is 3.48. The molecule has 5 nitrogen and oxygen atoms in total. The van der Waals surface area contributed by atoms with Crippen molar-refractivity contribution in [3.8, 4) is 17.2 Å². The van der Waals surface area contributed by atoms with Crippen molar-refractivity contribution in [2.45, 2.75) is 13.3 Å². The fourth-order valence-corrected chi connectivity index (χ4v) is 3.48. The van der Waals surface area contributed by atoms with Crippen LogP contribution in [0.1, 0.15) is 30.0 Å². The van der Waals surface area contributed by atoms with Crippen LogP contribution in [-0.2, 0) is 4.79 Å². The van der Waals surface area contributed by atoms with Crippen molar-refractivity contribution < 1.29 is 28.5 Å². The predicted octanol–water partition coefficient (Wildman–Crippen LogP) is 3.74. The van der Waals surface area contributed by atoms with Crippen molar-refractivity contribution in [3.63, 3.8) is 0 Å². The van der Waals surface area contributed by atoms with Crippen LogP contribution in [0.4, 0.5) is 4.39 Å². The number of halogens is 1. The molecule has 0 saturated heterocycles. The number of carboxylic acid groups (broad SMARTS) is 1. The molecule has 0 aromatic heterocycles. The zero-order chi connectivity index (χ0) is 20.4. The summed E-state index contributed by atoms with van der Waals surface area (Å²) < 4.78 is 29.9. The number of rotatable bonds is 6. The quantitative estimate of drug-likeness (QED) is 0.713. The van der Waals surface area contributed by atoms with Gasteiger partial charge in [0.2, 0.25) is 5.75 Å². The van der Waals surface area contributed by atoms with Crippen LogP contribution in [0, 0.1) is 5.82 Å². The third kappa shape index (κ3) is 4.60. The first-order valence-electron chi connectivity index (χ1n) is 8.63. The maximum atomic E-state index is 13.8. The predicted molar refractivity (Wildman–Crippen MR) is 114 cm³/mol. The Morgan fingerprint density at radius 1 is 1.03 bits per heavy atom. The van der Waals surface area contributed by atoms with Crippen molar-refractivity contribution in [1.82, 2.24) is 0 Å². The minimum atomic E-state index is -0.960. The van der Waals surface area contributed by atoms with Gasteiger partial charge in [0.05, 0.1) is 27.8 Å². The summed E-state index contributed by atoms with van der Waals surface area (Å²) in [6, 6.07) is 8.04. The van der Waals surface area contributed by atoms with Crippen LogP contribution in [0.2, 0.25) is 0 Å². The van der Waals surface area contributed by atoms with Gasteiger partial charge in [0.15, 0.2) is 11.5 Å². The first-order valence-corrected chi connectivity index (χ1v) is 8.63. The summed E-state index contributed by atoms with van der Waals surface area (Å²) in [5, 5.41) is 9.26. The molecule has 0 aliphatic heterocycles. The number of methoxy groups -OCH3 is 3. The summed E-state index contributed by atoms with van der Waals surface area (Å²) in [5.41, 5.74) is 4.44. The molecule has 29 heavy (non-hydrogen) atoms. The third-order valence-electron chi connectivity index (χ3n) is 4.78. The Morgan fingerprint density at radius 2 is 1.66 bits per heavy atom. The van der Waals surface area contributed by atoms with E-state index in [1.54, 1.807) is 18.2 Å². The SMILES string of the molecule is COc1cc(C=C2C(C)=C(CC(=O)O)c3cc(F)ccc32)cc(OC)c1OC.[CaH2]. The summed E-state index contributed by atoms with van der Waals surface area (Å²) in [4.78, 5) is 11.3. The Morgan fingerprint density at radius 3 is 2.17 bits per heavy atom. The van der Waals surface area contributed by atoms with Crippen molar-refractivity contribution in [3.05, 3.63) is 58.4 Å². The van der Waals surface area contributed by atoms with Crippen molar-refractivity contribution in [2.24, 2.45) is 0 Å². The number of hydrogen-bond donors (Lipinski definition) is 1. The molecule has 0 heterocycles. The second-order valence-corrected chi connectivity index (χ2v) is 6.38. The van der Waals surface area contributed by atoms with Gasteiger partial charge in [-0.05, 0) is 70.7 Å². The van der Waals surface area contributed by atoms with Gasteiger partial charge >= 0.3 is 43.7 Å². The van der Waals surface area contributed by atoms with Gasteiger partial charge in [-0.15, -0.1) is 0 Å². The van der Waals surface area contributed by atoms with E-state index in [4.69, 9.17) is 14.2 Å². The van der Waals surface area contributed by atoms with Gasteiger partial charge in [-0.1, -0.05) is 6.07 Å². The summed E-state index contributed by atoms with van der Waals surface area (Å²) in [5.74, 6) is 0.152. The first-order chi connectivity index (χ1) is 13.4. The van der Waals surface area contributed by atoms with E-state index in [1.165, 1.54) is 33.5 Å². The van der Waals surface area contributed by atoms with Gasteiger partial charge in [-0.2, -0.15) is 0 Å². The molecule has 0 saturated carbocycles. The van der Waals surface area contributed by atoms with Crippen LogP contribution < -0.4 is 14.2 Å². The molecule has 2 aromatic carbocycles. The Labute approximate surface area is 198 Å². The molecule has 1 aliphatic rings. The molecule has 0 spiro atoms. The molecule has 0 amide bonds. The standard InChI is InChI=1S/C22H21FO5.Ca.2H/c1-12-16(7-13-8-19(26-2)22(28-4)20(9-13)27-3)15-6-5-14(23)10-18(15)17(12)11-21(24)25;;;/h5-10H,11H2,1-4H3,(H,24,25);;;. The Balaban J connectivity index is 0.00000300. The summed E-state index contributed by atoms with van der Waals surface area (Å²) in [6.07, 6.45) is 1.74. The van der Waals surface area contributed by atoms with Gasteiger partial charge in [0, 0.05) is 0 Å². The molecule has 0 unspecified atom stereocenters. The molecule has 0 fully saturated rings. The molecule has 3 rings (SSSR count). The van der Waals surface area contributed by atoms with Crippen LogP contribution >= 0.6 is 0 Å². The number of carboxylic acids is 1. The monoisotopic (exact) mass is 426 g/mol. The van der Waals surface area contributed by atoms with Crippen LogP contribution in [0.5, 0.6) is 17.2 Å². The molecule has 150 valence electrons. The van der Waals surface area contributed by atoms with E-state index < -0.39 is 11.8 Å². The molecule has 0 atom stereocenters. The molecule has 1 N–H and O–H groups in total. The third-order valence-corrected chi connectivity index (χ3v) is 4.78. The van der Waals surface area contributed by atoms with E-state index in [9.17, 15) is 14.3 Å². The molecule has 0 bridgehead atoms. The first kappa shape index (κ1) is 23.3. The number of carbonyl (C=O) groups is 1. The minimum absolute atomic E-state index is 0. The topological polar surface area (TPSA) is 65.0 Å². The van der Waals surface area contributed by atoms with Crippen LogP contribution in [-0.4, -0.2) is 70.1 Å². The Bertz CT molecular complexity index is 985. The molecule has 0 radical (unpaired) electrons. The van der Waals surface area contributed by atoms with Crippen LogP contribution in [0.15, 0.2) is 35.9 Å².